The number of rotatable bonds is 18. The van der Waals surface area contributed by atoms with E-state index >= 15 is 0 Å². The normalized spacial score (nSPS) is 15.2. The molecule has 0 saturated heterocycles. The van der Waals surface area contributed by atoms with Gasteiger partial charge in [-0.3, -0.25) is 29.1 Å². The minimum Gasteiger partial charge on any atom is -0.550 e. The number of carboxylic acids is 4. The number of benzene rings is 2. The smallest absolute Gasteiger partial charge is 0.550 e. The first-order valence-corrected chi connectivity index (χ1v) is 20.2. The molecule has 2 amide bonds. The van der Waals surface area contributed by atoms with Gasteiger partial charge in [0, 0.05) is 74.7 Å². The zero-order chi connectivity index (χ0) is 48.2. The van der Waals surface area contributed by atoms with Crippen molar-refractivity contribution in [2.75, 3.05) is 82.8 Å². The van der Waals surface area contributed by atoms with Gasteiger partial charge < -0.3 is 83.2 Å². The number of aromatic nitrogens is 4. The van der Waals surface area contributed by atoms with Crippen LogP contribution >= 0.6 is 0 Å². The summed E-state index contributed by atoms with van der Waals surface area (Å²) in [7, 11) is 3.57. The molecule has 26 nitrogen and oxygen atoms in total. The van der Waals surface area contributed by atoms with Gasteiger partial charge in [0.15, 0.2) is 11.6 Å². The first kappa shape index (κ1) is 55.7. The Bertz CT molecular complexity index is 2390. The van der Waals surface area contributed by atoms with Crippen LogP contribution in [0, 0.1) is 0 Å². The first-order valence-electron chi connectivity index (χ1n) is 20.2. The van der Waals surface area contributed by atoms with Gasteiger partial charge in [-0.05, 0) is 74.2 Å². The van der Waals surface area contributed by atoms with Crippen molar-refractivity contribution in [1.29, 1.82) is 0 Å². The molecule has 0 saturated carbocycles. The fourth-order valence-corrected chi connectivity index (χ4v) is 6.83. The summed E-state index contributed by atoms with van der Waals surface area (Å²) < 4.78 is 0. The number of hydrogen-bond acceptors (Lipinski definition) is 20. The first-order chi connectivity index (χ1) is 31.3. The van der Waals surface area contributed by atoms with Crippen molar-refractivity contribution >= 4 is 82.0 Å². The standard InChI is InChI=1S/2C20H25N7O6.2Na/c2*1-27-12(9-23-16-15(27)18(31)26-20(21)25-16)8-22-11-4-2-10(3-5-11)17(30)24-13(19(32)33)6-7-14(28)29;;/h2*2-5,12-13,22H,6-9H2,1H3,(H,24,30)(H,28,29)(H,32,33)(H4,21,23,25,26,31);;/q;;2*+1/p-2/t2*12-,13-;;/m00../s1. The van der Waals surface area contributed by atoms with Crippen LogP contribution in [0.4, 0.5) is 46.3 Å². The van der Waals surface area contributed by atoms with E-state index in [1.54, 1.807) is 38.4 Å². The summed E-state index contributed by atoms with van der Waals surface area (Å²) in [5.41, 5.74) is 13.1. The Hall–Kier alpha value is -6.58. The molecule has 4 aromatic rings. The number of carbonyl (C=O) groups is 6. The van der Waals surface area contributed by atoms with Crippen LogP contribution in [0.5, 0.6) is 0 Å². The molecule has 2 aromatic heterocycles. The summed E-state index contributed by atoms with van der Waals surface area (Å²) in [5, 5.41) is 56.7. The molecule has 14 N–H and O–H groups in total. The number of nitrogens with zero attached hydrogens (tertiary/aromatic N) is 4. The van der Waals surface area contributed by atoms with Crippen LogP contribution in [0.1, 0.15) is 46.4 Å². The Morgan fingerprint density at radius 1 is 0.662 bits per heavy atom. The summed E-state index contributed by atoms with van der Waals surface area (Å²) >= 11 is 0. The van der Waals surface area contributed by atoms with Crippen LogP contribution in [-0.4, -0.2) is 130 Å². The number of nitrogens with two attached hydrogens (primary N) is 2. The van der Waals surface area contributed by atoms with Gasteiger partial charge in [-0.25, -0.2) is 9.59 Å². The molecule has 68 heavy (non-hydrogen) atoms. The van der Waals surface area contributed by atoms with Crippen molar-refractivity contribution in [3.05, 3.63) is 80.4 Å². The van der Waals surface area contributed by atoms with Crippen LogP contribution < -0.4 is 134 Å². The van der Waals surface area contributed by atoms with Crippen LogP contribution in [0.25, 0.3) is 0 Å². The van der Waals surface area contributed by atoms with Crippen LogP contribution in [-0.2, 0) is 19.2 Å². The quantitative estimate of drug-likeness (QED) is 0.0412. The molecular weight excluding hydrogens is 915 g/mol. The summed E-state index contributed by atoms with van der Waals surface area (Å²) in [5.74, 6) is -5.79. The third-order valence-corrected chi connectivity index (χ3v) is 10.5. The third-order valence-electron chi connectivity index (χ3n) is 10.5. The molecule has 0 aliphatic carbocycles. The molecule has 4 heterocycles. The number of fused-ring (bicyclic) bond motifs is 2. The second-order valence-corrected chi connectivity index (χ2v) is 15.1. The topological polar surface area (TPSA) is 411 Å². The monoisotopic (exact) mass is 962 g/mol. The van der Waals surface area contributed by atoms with Crippen LogP contribution in [0.2, 0.25) is 0 Å². The largest absolute Gasteiger partial charge is 1.00 e. The molecule has 0 radical (unpaired) electrons. The van der Waals surface area contributed by atoms with Crippen LogP contribution in [0.3, 0.4) is 0 Å². The van der Waals surface area contributed by atoms with Crippen molar-refractivity contribution in [3.8, 4) is 0 Å². The van der Waals surface area contributed by atoms with E-state index in [2.05, 4.69) is 51.8 Å². The van der Waals surface area contributed by atoms with E-state index in [-0.39, 0.29) is 118 Å². The Morgan fingerprint density at radius 3 is 1.31 bits per heavy atom. The van der Waals surface area contributed by atoms with Gasteiger partial charge >= 0.3 is 71.1 Å². The molecule has 28 heteroatoms. The van der Waals surface area contributed by atoms with Crippen molar-refractivity contribution in [2.45, 2.75) is 49.9 Å². The second kappa shape index (κ2) is 25.5. The van der Waals surface area contributed by atoms with Crippen molar-refractivity contribution in [3.63, 3.8) is 0 Å². The van der Waals surface area contributed by atoms with Crippen molar-refractivity contribution in [1.82, 2.24) is 30.6 Å². The van der Waals surface area contributed by atoms with Gasteiger partial charge in [0.05, 0.1) is 12.1 Å². The number of hydrogen-bond donors (Lipinski definition) is 12. The number of amides is 2. The van der Waals surface area contributed by atoms with E-state index in [0.29, 0.717) is 60.6 Å². The molecule has 0 fully saturated rings. The maximum atomic E-state index is 12.3. The second-order valence-electron chi connectivity index (χ2n) is 15.1. The predicted octanol–water partition coefficient (Wildman–Crippen LogP) is -9.18. The minimum atomic E-state index is -1.39. The molecular formula is C40H48N14Na2O12. The van der Waals surface area contributed by atoms with E-state index < -0.39 is 60.6 Å². The predicted molar refractivity (Wildman–Crippen MR) is 236 cm³/mol. The van der Waals surface area contributed by atoms with Gasteiger partial charge in [0.1, 0.15) is 23.5 Å². The number of aliphatic carboxylic acids is 4. The van der Waals surface area contributed by atoms with Gasteiger partial charge in [-0.1, -0.05) is 0 Å². The Balaban J connectivity index is 0.000000350. The average molecular weight is 963 g/mol. The number of aromatic amines is 2. The zero-order valence-corrected chi connectivity index (χ0v) is 41.5. The van der Waals surface area contributed by atoms with Gasteiger partial charge in [0.2, 0.25) is 11.9 Å². The van der Waals surface area contributed by atoms with Gasteiger partial charge in [0.25, 0.3) is 22.9 Å². The number of likely N-dealkylation sites (N-methyl/N-ethyl adjacent to an activating group) is 2. The molecule has 6 rings (SSSR count). The van der Waals surface area contributed by atoms with Crippen molar-refractivity contribution in [2.24, 2.45) is 0 Å². The number of carbonyl (C=O) groups excluding carboxylic acids is 4. The third kappa shape index (κ3) is 15.2. The fraction of sp³-hybridized carbons (Fsp3) is 0.350. The zero-order valence-electron chi connectivity index (χ0n) is 37.5. The molecule has 0 bridgehead atoms. The summed E-state index contributed by atoms with van der Waals surface area (Å²) in [4.78, 5) is 109. The van der Waals surface area contributed by atoms with E-state index in [1.165, 1.54) is 24.3 Å². The van der Waals surface area contributed by atoms with Crippen LogP contribution in [0.15, 0.2) is 58.1 Å². The summed E-state index contributed by atoms with van der Waals surface area (Å²) in [6.45, 7) is 2.00. The Labute approximate surface area is 431 Å². The van der Waals surface area contributed by atoms with E-state index in [0.717, 1.165) is 0 Å². The number of nitrogens with one attached hydrogen (secondary N) is 8. The fourth-order valence-electron chi connectivity index (χ4n) is 6.83. The van der Waals surface area contributed by atoms with E-state index in [1.807, 2.05) is 9.80 Å². The molecule has 2 aliphatic heterocycles. The Morgan fingerprint density at radius 2 is 1.00 bits per heavy atom. The summed E-state index contributed by atoms with van der Waals surface area (Å²) in [6.07, 6.45) is -1.52. The van der Waals surface area contributed by atoms with E-state index in [9.17, 15) is 48.6 Å². The maximum absolute atomic E-state index is 12.3. The number of nitrogen functional groups attached to an aromatic ring is 2. The van der Waals surface area contributed by atoms with Gasteiger partial charge in [-0.2, -0.15) is 9.97 Å². The average Bonchev–Trinajstić information content (AvgIpc) is 3.25. The van der Waals surface area contributed by atoms with Crippen molar-refractivity contribution < 1.29 is 108 Å². The molecule has 0 spiro atoms. The minimum absolute atomic E-state index is 0. The number of carboxylic acid groups (broad SMARTS) is 4. The Kier molecular flexibility index (Phi) is 20.9. The SMILES string of the molecule is CN1c2c(nc(N)[nH]c2=O)NC[C@@H]1CNc1ccc(C(=O)N[C@@H](CCC(=O)[O-])C(=O)O)cc1.CN1c2c(nc(N)[nH]c2=O)NC[C@@H]1CNc1ccc(C(=O)N[C@@H](CCC(=O)[O-])C(=O)O)cc1.[Na+].[Na+]. The van der Waals surface area contributed by atoms with E-state index in [4.69, 9.17) is 21.7 Å². The van der Waals surface area contributed by atoms with Gasteiger partial charge in [-0.15, -0.1) is 0 Å². The molecule has 2 aromatic carbocycles. The molecule has 2 aliphatic rings. The summed E-state index contributed by atoms with van der Waals surface area (Å²) in [6, 6.07) is 9.88. The number of H-pyrrole nitrogens is 2. The maximum Gasteiger partial charge on any atom is 1.00 e. The molecule has 0 unspecified atom stereocenters. The molecule has 4 atom stereocenters. The molecule has 352 valence electrons. The number of anilines is 8.